The van der Waals surface area contributed by atoms with Crippen molar-refractivity contribution in [3.63, 3.8) is 0 Å². The highest BCUT2D eigenvalue weighted by molar-refractivity contribution is 5.59. The summed E-state index contributed by atoms with van der Waals surface area (Å²) in [6.45, 7) is 1.26. The number of nitrogens with zero attached hydrogens (tertiary/aromatic N) is 2. The quantitative estimate of drug-likeness (QED) is 0.593. The highest BCUT2D eigenvalue weighted by Gasteiger charge is 2.05. The fourth-order valence-corrected chi connectivity index (χ4v) is 2.13. The van der Waals surface area contributed by atoms with E-state index in [1.165, 1.54) is 0 Å². The molecule has 0 aliphatic heterocycles. The highest BCUT2D eigenvalue weighted by atomic mass is 16.2. The number of imidazole rings is 1. The summed E-state index contributed by atoms with van der Waals surface area (Å²) in [6.07, 6.45) is 8.08. The predicted molar refractivity (Wildman–Crippen MR) is 77.6 cm³/mol. The van der Waals surface area contributed by atoms with Crippen LogP contribution in [0.3, 0.4) is 0 Å². The predicted octanol–water partition coefficient (Wildman–Crippen LogP) is 2.69. The molecule has 0 atom stereocenters. The number of unbranched alkanes of at least 4 members (excludes halogenated alkanes) is 3. The van der Waals surface area contributed by atoms with Crippen LogP contribution < -0.4 is 5.73 Å². The Balaban J connectivity index is 1.96. The van der Waals surface area contributed by atoms with Gasteiger partial charge in [0.05, 0.1) is 0 Å². The van der Waals surface area contributed by atoms with Gasteiger partial charge < -0.3 is 15.4 Å². The Kier molecular flexibility index (Phi) is 4.98. The summed E-state index contributed by atoms with van der Waals surface area (Å²) >= 11 is 0. The average Bonchev–Trinajstić information content (AvgIpc) is 2.88. The van der Waals surface area contributed by atoms with E-state index in [9.17, 15) is 0 Å². The molecule has 0 spiro atoms. The van der Waals surface area contributed by atoms with Gasteiger partial charge in [-0.05, 0) is 37.1 Å². The molecule has 1 heterocycles. The monoisotopic (exact) mass is 259 g/mol. The van der Waals surface area contributed by atoms with Gasteiger partial charge >= 0.3 is 0 Å². The Morgan fingerprint density at radius 2 is 1.79 bits per heavy atom. The molecule has 0 radical (unpaired) electrons. The van der Waals surface area contributed by atoms with Gasteiger partial charge in [-0.3, -0.25) is 0 Å². The molecule has 0 aliphatic rings. The van der Waals surface area contributed by atoms with Gasteiger partial charge in [0.1, 0.15) is 5.82 Å². The fourth-order valence-electron chi connectivity index (χ4n) is 2.13. The maximum Gasteiger partial charge on any atom is 0.139 e. The Labute approximate surface area is 113 Å². The van der Waals surface area contributed by atoms with E-state index in [2.05, 4.69) is 9.55 Å². The number of nitrogens with two attached hydrogens (primary N) is 1. The number of aromatic nitrogens is 2. The number of nitrogen functional groups attached to an aromatic ring is 1. The average molecular weight is 259 g/mol. The largest absolute Gasteiger partial charge is 0.399 e. The standard InChI is InChI=1S/C15H21N3O/c16-14-7-5-13(6-8-14)15-17-9-11-18(15)10-3-1-2-4-12-19/h5-9,11,19H,1-4,10,12,16H2. The number of hydrogen-bond acceptors (Lipinski definition) is 3. The van der Waals surface area contributed by atoms with Crippen molar-refractivity contribution in [2.45, 2.75) is 32.2 Å². The van der Waals surface area contributed by atoms with Gasteiger partial charge in [0.25, 0.3) is 0 Å². The third kappa shape index (κ3) is 3.83. The maximum absolute atomic E-state index is 8.74. The van der Waals surface area contributed by atoms with Crippen LogP contribution in [0.25, 0.3) is 11.4 Å². The van der Waals surface area contributed by atoms with Crippen LogP contribution in [-0.2, 0) is 6.54 Å². The van der Waals surface area contributed by atoms with Crippen molar-refractivity contribution in [1.82, 2.24) is 9.55 Å². The summed E-state index contributed by atoms with van der Waals surface area (Å²) in [5, 5.41) is 8.74. The van der Waals surface area contributed by atoms with Crippen molar-refractivity contribution in [1.29, 1.82) is 0 Å². The minimum absolute atomic E-state index is 0.293. The third-order valence-corrected chi connectivity index (χ3v) is 3.19. The lowest BCUT2D eigenvalue weighted by molar-refractivity contribution is 0.282. The second kappa shape index (κ2) is 6.95. The van der Waals surface area contributed by atoms with Crippen LogP contribution in [0.5, 0.6) is 0 Å². The van der Waals surface area contributed by atoms with Crippen LogP contribution in [0.15, 0.2) is 36.7 Å². The van der Waals surface area contributed by atoms with Gasteiger partial charge in [-0.25, -0.2) is 4.98 Å². The van der Waals surface area contributed by atoms with E-state index in [4.69, 9.17) is 10.8 Å². The Hall–Kier alpha value is -1.81. The first-order chi connectivity index (χ1) is 9.31. The number of anilines is 1. The smallest absolute Gasteiger partial charge is 0.139 e. The molecule has 0 unspecified atom stereocenters. The van der Waals surface area contributed by atoms with Gasteiger partial charge in [-0.15, -0.1) is 0 Å². The summed E-state index contributed by atoms with van der Waals surface area (Å²) < 4.78 is 2.17. The van der Waals surface area contributed by atoms with Gasteiger partial charge in [-0.1, -0.05) is 12.8 Å². The maximum atomic E-state index is 8.74. The van der Waals surface area contributed by atoms with E-state index in [-0.39, 0.29) is 0 Å². The van der Waals surface area contributed by atoms with E-state index in [1.54, 1.807) is 0 Å². The lowest BCUT2D eigenvalue weighted by atomic mass is 10.2. The Morgan fingerprint density at radius 1 is 1.05 bits per heavy atom. The molecule has 0 fully saturated rings. The molecule has 0 amide bonds. The summed E-state index contributed by atoms with van der Waals surface area (Å²) in [4.78, 5) is 4.41. The number of aryl methyl sites for hydroxylation is 1. The van der Waals surface area contributed by atoms with Crippen molar-refractivity contribution in [2.75, 3.05) is 12.3 Å². The van der Waals surface area contributed by atoms with Gasteiger partial charge in [0, 0.05) is 36.8 Å². The molecule has 0 saturated heterocycles. The van der Waals surface area contributed by atoms with Crippen molar-refractivity contribution in [2.24, 2.45) is 0 Å². The van der Waals surface area contributed by atoms with Crippen molar-refractivity contribution < 1.29 is 5.11 Å². The zero-order valence-corrected chi connectivity index (χ0v) is 11.1. The topological polar surface area (TPSA) is 64.1 Å². The van der Waals surface area contributed by atoms with Crippen LogP contribution in [-0.4, -0.2) is 21.3 Å². The first-order valence-corrected chi connectivity index (χ1v) is 6.79. The molecular formula is C15H21N3O. The molecule has 4 heteroatoms. The van der Waals surface area contributed by atoms with Gasteiger partial charge in [0.2, 0.25) is 0 Å². The summed E-state index contributed by atoms with van der Waals surface area (Å²) in [5.74, 6) is 0.988. The third-order valence-electron chi connectivity index (χ3n) is 3.19. The summed E-state index contributed by atoms with van der Waals surface area (Å²) in [6, 6.07) is 7.80. The second-order valence-corrected chi connectivity index (χ2v) is 4.70. The molecule has 0 saturated carbocycles. The first kappa shape index (κ1) is 13.6. The lowest BCUT2D eigenvalue weighted by Gasteiger charge is -2.08. The molecule has 102 valence electrons. The lowest BCUT2D eigenvalue weighted by Crippen LogP contribution is -2.00. The van der Waals surface area contributed by atoms with Crippen molar-refractivity contribution in [3.8, 4) is 11.4 Å². The molecule has 0 bridgehead atoms. The van der Waals surface area contributed by atoms with E-state index < -0.39 is 0 Å². The molecular weight excluding hydrogens is 238 g/mol. The van der Waals surface area contributed by atoms with Crippen LogP contribution in [0.1, 0.15) is 25.7 Å². The fraction of sp³-hybridized carbons (Fsp3) is 0.400. The van der Waals surface area contributed by atoms with E-state index >= 15 is 0 Å². The number of hydrogen-bond donors (Lipinski definition) is 2. The molecule has 1 aromatic heterocycles. The molecule has 1 aromatic carbocycles. The molecule has 3 N–H and O–H groups in total. The molecule has 2 rings (SSSR count). The van der Waals surface area contributed by atoms with Crippen LogP contribution in [0.4, 0.5) is 5.69 Å². The number of rotatable bonds is 7. The minimum Gasteiger partial charge on any atom is -0.399 e. The second-order valence-electron chi connectivity index (χ2n) is 4.70. The SMILES string of the molecule is Nc1ccc(-c2nccn2CCCCCCO)cc1. The molecule has 2 aromatic rings. The van der Waals surface area contributed by atoms with Crippen molar-refractivity contribution in [3.05, 3.63) is 36.7 Å². The van der Waals surface area contributed by atoms with Crippen LogP contribution in [0, 0.1) is 0 Å². The normalized spacial score (nSPS) is 10.8. The number of aliphatic hydroxyl groups excluding tert-OH is 1. The number of aliphatic hydroxyl groups is 1. The molecule has 19 heavy (non-hydrogen) atoms. The molecule has 4 nitrogen and oxygen atoms in total. The zero-order chi connectivity index (χ0) is 13.5. The van der Waals surface area contributed by atoms with Gasteiger partial charge in [0.15, 0.2) is 0 Å². The van der Waals surface area contributed by atoms with E-state index in [1.807, 2.05) is 36.7 Å². The van der Waals surface area contributed by atoms with E-state index in [0.29, 0.717) is 6.61 Å². The zero-order valence-electron chi connectivity index (χ0n) is 11.1. The number of benzene rings is 1. The highest BCUT2D eigenvalue weighted by Crippen LogP contribution is 2.19. The Morgan fingerprint density at radius 3 is 2.53 bits per heavy atom. The van der Waals surface area contributed by atoms with Crippen molar-refractivity contribution >= 4 is 5.69 Å². The summed E-state index contributed by atoms with van der Waals surface area (Å²) in [7, 11) is 0. The summed E-state index contributed by atoms with van der Waals surface area (Å²) in [5.41, 5.74) is 7.56. The van der Waals surface area contributed by atoms with Crippen LogP contribution in [0.2, 0.25) is 0 Å². The molecule has 0 aliphatic carbocycles. The first-order valence-electron chi connectivity index (χ1n) is 6.79. The Bertz CT molecular complexity index is 490. The van der Waals surface area contributed by atoms with Crippen LogP contribution >= 0.6 is 0 Å². The van der Waals surface area contributed by atoms with E-state index in [0.717, 1.165) is 49.3 Å². The minimum atomic E-state index is 0.293. The van der Waals surface area contributed by atoms with Gasteiger partial charge in [-0.2, -0.15) is 0 Å².